The maximum absolute atomic E-state index is 12.1. The minimum atomic E-state index is -2.77. The van der Waals surface area contributed by atoms with Gasteiger partial charge in [-0.25, -0.2) is 0 Å². The van der Waals surface area contributed by atoms with E-state index in [9.17, 15) is 8.78 Å². The summed E-state index contributed by atoms with van der Waals surface area (Å²) in [5.41, 5.74) is 0.960. The van der Waals surface area contributed by atoms with Gasteiger partial charge in [-0.1, -0.05) is 19.1 Å². The van der Waals surface area contributed by atoms with Crippen LogP contribution in [-0.4, -0.2) is 24.7 Å². The van der Waals surface area contributed by atoms with Crippen LogP contribution < -0.4 is 10.1 Å². The van der Waals surface area contributed by atoms with Crippen molar-refractivity contribution in [2.45, 2.75) is 32.9 Å². The number of hydrogen-bond acceptors (Lipinski definition) is 3. The van der Waals surface area contributed by atoms with Gasteiger partial charge in [0.1, 0.15) is 5.75 Å². The molecule has 1 unspecified atom stereocenters. The van der Waals surface area contributed by atoms with Gasteiger partial charge in [-0.15, -0.1) is 0 Å². The lowest BCUT2D eigenvalue weighted by Gasteiger charge is -2.15. The Bertz CT molecular complexity index is 363. The van der Waals surface area contributed by atoms with Crippen LogP contribution >= 0.6 is 11.8 Å². The number of rotatable bonds is 9. The van der Waals surface area contributed by atoms with Crippen LogP contribution in [-0.2, 0) is 0 Å². The van der Waals surface area contributed by atoms with Crippen molar-refractivity contribution in [1.29, 1.82) is 0 Å². The van der Waals surface area contributed by atoms with E-state index < -0.39 is 6.61 Å². The first-order valence-corrected chi connectivity index (χ1v) is 7.65. The standard InChI is InChI=1S/C14H21F2NOS/c1-3-19-9-5-8-17-11(2)12-6-4-7-13(10-12)18-14(15)16/h4,6-7,10-11,14,17H,3,5,8-9H2,1-2H3. The van der Waals surface area contributed by atoms with Gasteiger partial charge in [-0.05, 0) is 49.1 Å². The number of ether oxygens (including phenoxy) is 1. The Morgan fingerprint density at radius 3 is 2.84 bits per heavy atom. The summed E-state index contributed by atoms with van der Waals surface area (Å²) in [7, 11) is 0. The van der Waals surface area contributed by atoms with E-state index in [-0.39, 0.29) is 11.8 Å². The molecular formula is C14H21F2NOS. The molecular weight excluding hydrogens is 268 g/mol. The van der Waals surface area contributed by atoms with Crippen molar-refractivity contribution in [2.24, 2.45) is 0 Å². The molecule has 0 heterocycles. The Morgan fingerprint density at radius 1 is 1.37 bits per heavy atom. The van der Waals surface area contributed by atoms with Crippen molar-refractivity contribution in [2.75, 3.05) is 18.1 Å². The maximum atomic E-state index is 12.1. The molecule has 0 spiro atoms. The highest BCUT2D eigenvalue weighted by atomic mass is 32.2. The number of halogens is 2. The summed E-state index contributed by atoms with van der Waals surface area (Å²) in [6.45, 7) is 2.32. The number of nitrogens with one attached hydrogen (secondary N) is 1. The average Bonchev–Trinajstić information content (AvgIpc) is 2.38. The van der Waals surface area contributed by atoms with E-state index >= 15 is 0 Å². The minimum Gasteiger partial charge on any atom is -0.435 e. The molecule has 1 rings (SSSR count). The second-order valence-corrected chi connectivity index (χ2v) is 5.57. The predicted octanol–water partition coefficient (Wildman–Crippen LogP) is 4.08. The van der Waals surface area contributed by atoms with Crippen LogP contribution in [0.15, 0.2) is 24.3 Å². The number of thioether (sulfide) groups is 1. The van der Waals surface area contributed by atoms with E-state index in [1.807, 2.05) is 24.8 Å². The third-order valence-corrected chi connectivity index (χ3v) is 3.69. The van der Waals surface area contributed by atoms with Crippen molar-refractivity contribution >= 4 is 11.8 Å². The highest BCUT2D eigenvalue weighted by Gasteiger charge is 2.08. The molecule has 2 nitrogen and oxygen atoms in total. The fraction of sp³-hybridized carbons (Fsp3) is 0.571. The van der Waals surface area contributed by atoms with Crippen LogP contribution in [0, 0.1) is 0 Å². The van der Waals surface area contributed by atoms with Gasteiger partial charge in [0.25, 0.3) is 0 Å². The van der Waals surface area contributed by atoms with E-state index in [2.05, 4.69) is 17.0 Å². The Hall–Kier alpha value is -0.810. The van der Waals surface area contributed by atoms with Crippen LogP contribution in [0.4, 0.5) is 8.78 Å². The normalized spacial score (nSPS) is 12.7. The van der Waals surface area contributed by atoms with Gasteiger partial charge in [0.15, 0.2) is 0 Å². The summed E-state index contributed by atoms with van der Waals surface area (Å²) in [6.07, 6.45) is 1.11. The Kier molecular flexibility index (Phi) is 7.82. The molecule has 0 aliphatic rings. The minimum absolute atomic E-state index is 0.132. The van der Waals surface area contributed by atoms with Crippen molar-refractivity contribution in [1.82, 2.24) is 5.32 Å². The van der Waals surface area contributed by atoms with Crippen LogP contribution in [0.2, 0.25) is 0 Å². The zero-order valence-electron chi connectivity index (χ0n) is 11.4. The molecule has 1 atom stereocenters. The van der Waals surface area contributed by atoms with Crippen molar-refractivity contribution in [3.8, 4) is 5.75 Å². The van der Waals surface area contributed by atoms with Gasteiger partial charge in [0.05, 0.1) is 0 Å². The molecule has 0 aliphatic heterocycles. The van der Waals surface area contributed by atoms with E-state index in [4.69, 9.17) is 0 Å². The fourth-order valence-electron chi connectivity index (χ4n) is 1.72. The van der Waals surface area contributed by atoms with Gasteiger partial charge in [0, 0.05) is 6.04 Å². The summed E-state index contributed by atoms with van der Waals surface area (Å²) >= 11 is 1.92. The van der Waals surface area contributed by atoms with Crippen LogP contribution in [0.3, 0.4) is 0 Å². The number of hydrogen-bond donors (Lipinski definition) is 1. The monoisotopic (exact) mass is 289 g/mol. The van der Waals surface area contributed by atoms with Gasteiger partial charge in [0.2, 0.25) is 0 Å². The summed E-state index contributed by atoms with van der Waals surface area (Å²) in [4.78, 5) is 0. The van der Waals surface area contributed by atoms with Gasteiger partial charge in [-0.3, -0.25) is 0 Å². The van der Waals surface area contributed by atoms with Crippen molar-refractivity contribution in [3.05, 3.63) is 29.8 Å². The SMILES string of the molecule is CCSCCCNC(C)c1cccc(OC(F)F)c1. The van der Waals surface area contributed by atoms with E-state index in [1.165, 1.54) is 0 Å². The molecule has 0 saturated heterocycles. The van der Waals surface area contributed by atoms with Crippen LogP contribution in [0.25, 0.3) is 0 Å². The molecule has 0 aliphatic carbocycles. The summed E-state index contributed by atoms with van der Waals surface area (Å²) in [5.74, 6) is 2.50. The molecule has 5 heteroatoms. The molecule has 0 aromatic heterocycles. The van der Waals surface area contributed by atoms with Gasteiger partial charge < -0.3 is 10.1 Å². The highest BCUT2D eigenvalue weighted by molar-refractivity contribution is 7.99. The van der Waals surface area contributed by atoms with E-state index in [0.29, 0.717) is 0 Å². The Morgan fingerprint density at radius 2 is 2.16 bits per heavy atom. The van der Waals surface area contributed by atoms with Gasteiger partial charge in [-0.2, -0.15) is 20.5 Å². The van der Waals surface area contributed by atoms with Crippen molar-refractivity contribution < 1.29 is 13.5 Å². The number of benzene rings is 1. The third kappa shape index (κ3) is 6.78. The van der Waals surface area contributed by atoms with E-state index in [1.54, 1.807) is 18.2 Å². The molecule has 0 bridgehead atoms. The largest absolute Gasteiger partial charge is 0.435 e. The topological polar surface area (TPSA) is 21.3 Å². The second-order valence-electron chi connectivity index (χ2n) is 4.18. The molecule has 108 valence electrons. The van der Waals surface area contributed by atoms with Gasteiger partial charge >= 0.3 is 6.61 Å². The molecule has 1 aromatic carbocycles. The molecule has 0 saturated carbocycles. The fourth-order valence-corrected chi connectivity index (χ4v) is 2.35. The lowest BCUT2D eigenvalue weighted by molar-refractivity contribution is -0.0499. The molecule has 1 N–H and O–H groups in total. The predicted molar refractivity (Wildman–Crippen MR) is 77.1 cm³/mol. The summed E-state index contributed by atoms with van der Waals surface area (Å²) < 4.78 is 28.7. The quantitative estimate of drug-likeness (QED) is 0.692. The lowest BCUT2D eigenvalue weighted by Crippen LogP contribution is -2.20. The third-order valence-electron chi connectivity index (χ3n) is 2.70. The summed E-state index contributed by atoms with van der Waals surface area (Å²) in [6, 6.07) is 6.98. The molecule has 0 amide bonds. The highest BCUT2D eigenvalue weighted by Crippen LogP contribution is 2.20. The second kappa shape index (κ2) is 9.15. The Labute approximate surface area is 117 Å². The average molecular weight is 289 g/mol. The van der Waals surface area contributed by atoms with E-state index in [0.717, 1.165) is 30.0 Å². The maximum Gasteiger partial charge on any atom is 0.387 e. The smallest absolute Gasteiger partial charge is 0.387 e. The van der Waals surface area contributed by atoms with Crippen molar-refractivity contribution in [3.63, 3.8) is 0 Å². The van der Waals surface area contributed by atoms with Crippen LogP contribution in [0.1, 0.15) is 31.9 Å². The lowest BCUT2D eigenvalue weighted by atomic mass is 10.1. The first kappa shape index (κ1) is 16.2. The number of alkyl halides is 2. The first-order chi connectivity index (χ1) is 9.13. The molecule has 19 heavy (non-hydrogen) atoms. The first-order valence-electron chi connectivity index (χ1n) is 6.49. The Balaban J connectivity index is 2.40. The molecule has 1 aromatic rings. The molecule has 0 radical (unpaired) electrons. The summed E-state index contributed by atoms with van der Waals surface area (Å²) in [5, 5.41) is 3.38. The zero-order valence-corrected chi connectivity index (χ0v) is 12.2. The zero-order chi connectivity index (χ0) is 14.1. The molecule has 0 fully saturated rings. The van der Waals surface area contributed by atoms with Crippen LogP contribution in [0.5, 0.6) is 5.75 Å².